The first-order valence-corrected chi connectivity index (χ1v) is 4.05. The minimum absolute atomic E-state index is 0.140. The zero-order valence-electron chi connectivity index (χ0n) is 6.71. The summed E-state index contributed by atoms with van der Waals surface area (Å²) in [5, 5.41) is 0. The molecule has 0 aromatic rings. The van der Waals surface area contributed by atoms with Gasteiger partial charge < -0.3 is 9.47 Å². The molecule has 0 radical (unpaired) electrons. The standard InChI is InChI=1S/C9H10O3/c1-2-6-4-3-5-7-8(6)12-9(10)11-7/h2,7H,1,3-5H2. The second-order valence-corrected chi connectivity index (χ2v) is 2.94. The van der Waals surface area contributed by atoms with Gasteiger partial charge in [-0.1, -0.05) is 12.7 Å². The van der Waals surface area contributed by atoms with E-state index < -0.39 is 6.16 Å². The molecule has 1 heterocycles. The van der Waals surface area contributed by atoms with Crippen molar-refractivity contribution in [3.8, 4) is 0 Å². The van der Waals surface area contributed by atoms with E-state index in [9.17, 15) is 4.79 Å². The maximum atomic E-state index is 10.8. The van der Waals surface area contributed by atoms with E-state index in [4.69, 9.17) is 9.47 Å². The second kappa shape index (κ2) is 2.66. The highest BCUT2D eigenvalue weighted by Crippen LogP contribution is 2.33. The SMILES string of the molecule is C=CC1=C2OC(=O)OC2CCC1. The van der Waals surface area contributed by atoms with Crippen LogP contribution in [-0.2, 0) is 9.47 Å². The molecule has 0 N–H and O–H groups in total. The van der Waals surface area contributed by atoms with Crippen LogP contribution < -0.4 is 0 Å². The normalized spacial score (nSPS) is 27.7. The van der Waals surface area contributed by atoms with Gasteiger partial charge in [0.2, 0.25) is 0 Å². The lowest BCUT2D eigenvalue weighted by Gasteiger charge is -2.16. The van der Waals surface area contributed by atoms with Crippen molar-refractivity contribution in [3.63, 3.8) is 0 Å². The smallest absolute Gasteiger partial charge is 0.422 e. The third kappa shape index (κ3) is 1.02. The number of carbonyl (C=O) groups excluding carboxylic acids is 1. The van der Waals surface area contributed by atoms with E-state index in [0.29, 0.717) is 5.76 Å². The minimum atomic E-state index is -0.573. The number of allylic oxidation sites excluding steroid dienone is 2. The lowest BCUT2D eigenvalue weighted by Crippen LogP contribution is -2.13. The summed E-state index contributed by atoms with van der Waals surface area (Å²) in [6, 6.07) is 0. The van der Waals surface area contributed by atoms with Crippen molar-refractivity contribution < 1.29 is 14.3 Å². The van der Waals surface area contributed by atoms with Gasteiger partial charge in [0.15, 0.2) is 11.9 Å². The summed E-state index contributed by atoms with van der Waals surface area (Å²) < 4.78 is 9.85. The van der Waals surface area contributed by atoms with Crippen LogP contribution in [0, 0.1) is 0 Å². The molecule has 2 aliphatic rings. The Morgan fingerprint density at radius 1 is 1.58 bits per heavy atom. The van der Waals surface area contributed by atoms with Gasteiger partial charge >= 0.3 is 6.16 Å². The van der Waals surface area contributed by atoms with Crippen LogP contribution in [0.15, 0.2) is 24.0 Å². The van der Waals surface area contributed by atoms with Crippen LogP contribution in [0.3, 0.4) is 0 Å². The first kappa shape index (κ1) is 7.40. The number of carbonyl (C=O) groups is 1. The Balaban J connectivity index is 2.34. The topological polar surface area (TPSA) is 35.5 Å². The van der Waals surface area contributed by atoms with Crippen molar-refractivity contribution >= 4 is 6.16 Å². The molecule has 0 aromatic heterocycles. The Morgan fingerprint density at radius 3 is 3.17 bits per heavy atom. The predicted molar refractivity (Wildman–Crippen MR) is 42.4 cm³/mol. The third-order valence-electron chi connectivity index (χ3n) is 2.20. The molecule has 64 valence electrons. The summed E-state index contributed by atoms with van der Waals surface area (Å²) in [6.45, 7) is 3.67. The molecule has 1 atom stereocenters. The molecule has 12 heavy (non-hydrogen) atoms. The fourth-order valence-electron chi connectivity index (χ4n) is 1.62. The zero-order valence-corrected chi connectivity index (χ0v) is 6.71. The van der Waals surface area contributed by atoms with Crippen LogP contribution >= 0.6 is 0 Å². The molecule has 1 fully saturated rings. The van der Waals surface area contributed by atoms with Crippen LogP contribution in [0.5, 0.6) is 0 Å². The van der Waals surface area contributed by atoms with E-state index in [1.165, 1.54) is 0 Å². The Bertz CT molecular complexity index is 265. The molecule has 0 aromatic carbocycles. The summed E-state index contributed by atoms with van der Waals surface area (Å²) in [7, 11) is 0. The fourth-order valence-corrected chi connectivity index (χ4v) is 1.62. The van der Waals surface area contributed by atoms with E-state index in [-0.39, 0.29) is 6.10 Å². The Labute approximate surface area is 70.7 Å². The quantitative estimate of drug-likeness (QED) is 0.560. The lowest BCUT2D eigenvalue weighted by atomic mass is 9.96. The van der Waals surface area contributed by atoms with E-state index in [0.717, 1.165) is 24.8 Å². The van der Waals surface area contributed by atoms with Crippen molar-refractivity contribution in [2.75, 3.05) is 0 Å². The molecule has 0 saturated carbocycles. The summed E-state index contributed by atoms with van der Waals surface area (Å²) in [5.41, 5.74) is 1.01. The third-order valence-corrected chi connectivity index (χ3v) is 2.20. The van der Waals surface area contributed by atoms with Crippen molar-refractivity contribution in [1.82, 2.24) is 0 Å². The number of ether oxygens (including phenoxy) is 2. The van der Waals surface area contributed by atoms with Gasteiger partial charge in [-0.2, -0.15) is 0 Å². The Kier molecular flexibility index (Phi) is 1.64. The summed E-state index contributed by atoms with van der Waals surface area (Å²) in [4.78, 5) is 10.8. The maximum Gasteiger partial charge on any atom is 0.514 e. The van der Waals surface area contributed by atoms with Gasteiger partial charge in [0.05, 0.1) is 0 Å². The van der Waals surface area contributed by atoms with E-state index >= 15 is 0 Å². The molecule has 3 heteroatoms. The number of fused-ring (bicyclic) bond motifs is 1. The van der Waals surface area contributed by atoms with Crippen LogP contribution in [0.1, 0.15) is 19.3 Å². The number of rotatable bonds is 1. The Hall–Kier alpha value is -1.25. The van der Waals surface area contributed by atoms with Gasteiger partial charge in [-0.3, -0.25) is 0 Å². The summed E-state index contributed by atoms with van der Waals surface area (Å²) in [5.74, 6) is 0.682. The monoisotopic (exact) mass is 166 g/mol. The van der Waals surface area contributed by atoms with E-state index in [1.807, 2.05) is 0 Å². The molecule has 1 saturated heterocycles. The van der Waals surface area contributed by atoms with Gasteiger partial charge in [0.25, 0.3) is 0 Å². The van der Waals surface area contributed by atoms with Gasteiger partial charge in [-0.15, -0.1) is 0 Å². The van der Waals surface area contributed by atoms with Gasteiger partial charge in [0.1, 0.15) is 0 Å². The van der Waals surface area contributed by atoms with Crippen molar-refractivity contribution in [2.45, 2.75) is 25.4 Å². The molecule has 0 bridgehead atoms. The van der Waals surface area contributed by atoms with Crippen LogP contribution in [0.2, 0.25) is 0 Å². The molecule has 3 nitrogen and oxygen atoms in total. The van der Waals surface area contributed by atoms with Gasteiger partial charge in [-0.25, -0.2) is 4.79 Å². The number of hydrogen-bond acceptors (Lipinski definition) is 3. The zero-order chi connectivity index (χ0) is 8.55. The molecule has 1 aliphatic heterocycles. The van der Waals surface area contributed by atoms with Crippen molar-refractivity contribution in [2.24, 2.45) is 0 Å². The lowest BCUT2D eigenvalue weighted by molar-refractivity contribution is 0.116. The maximum absolute atomic E-state index is 10.8. The molecule has 0 amide bonds. The van der Waals surface area contributed by atoms with Gasteiger partial charge in [0, 0.05) is 0 Å². The van der Waals surface area contributed by atoms with Gasteiger partial charge in [-0.05, 0) is 24.8 Å². The summed E-state index contributed by atoms with van der Waals surface area (Å²) >= 11 is 0. The number of hydrogen-bond donors (Lipinski definition) is 0. The average molecular weight is 166 g/mol. The highest BCUT2D eigenvalue weighted by Gasteiger charge is 2.35. The molecular formula is C9H10O3. The highest BCUT2D eigenvalue weighted by atomic mass is 16.8. The van der Waals surface area contributed by atoms with E-state index in [2.05, 4.69) is 6.58 Å². The van der Waals surface area contributed by atoms with Crippen LogP contribution in [-0.4, -0.2) is 12.3 Å². The average Bonchev–Trinajstić information content (AvgIpc) is 2.44. The molecular weight excluding hydrogens is 156 g/mol. The first-order chi connectivity index (χ1) is 5.81. The first-order valence-electron chi connectivity index (χ1n) is 4.05. The molecule has 1 aliphatic carbocycles. The second-order valence-electron chi connectivity index (χ2n) is 2.94. The molecule has 2 rings (SSSR count). The fraction of sp³-hybridized carbons (Fsp3) is 0.444. The molecule has 0 spiro atoms. The van der Waals surface area contributed by atoms with Crippen LogP contribution in [0.25, 0.3) is 0 Å². The van der Waals surface area contributed by atoms with Crippen molar-refractivity contribution in [1.29, 1.82) is 0 Å². The largest absolute Gasteiger partial charge is 0.514 e. The predicted octanol–water partition coefficient (Wildman–Crippen LogP) is 2.15. The molecule has 1 unspecified atom stereocenters. The summed E-state index contributed by atoms with van der Waals surface area (Å²) in [6.07, 6.45) is 3.87. The van der Waals surface area contributed by atoms with Crippen molar-refractivity contribution in [3.05, 3.63) is 24.0 Å². The van der Waals surface area contributed by atoms with Crippen LogP contribution in [0.4, 0.5) is 4.79 Å². The highest BCUT2D eigenvalue weighted by molar-refractivity contribution is 5.66. The van der Waals surface area contributed by atoms with E-state index in [1.54, 1.807) is 6.08 Å². The minimum Gasteiger partial charge on any atom is -0.422 e. The Morgan fingerprint density at radius 2 is 2.42 bits per heavy atom.